The molecule has 0 aliphatic rings. The highest BCUT2D eigenvalue weighted by atomic mass is 16.3. The van der Waals surface area contributed by atoms with Crippen molar-refractivity contribution in [2.24, 2.45) is 7.05 Å². The van der Waals surface area contributed by atoms with Crippen LogP contribution in [0.4, 0.5) is 0 Å². The standard InChI is InChI=1S/C12H20N2O2/c1-4-12(16,5-2)9-13-11(15)10-7-6-8-14(10)3/h6-8,16H,4-5,9H2,1-3H3,(H,13,15). The normalized spacial score (nSPS) is 11.5. The van der Waals surface area contributed by atoms with Gasteiger partial charge >= 0.3 is 0 Å². The number of aromatic nitrogens is 1. The fourth-order valence-electron chi connectivity index (χ4n) is 1.53. The molecule has 0 atom stereocenters. The maximum atomic E-state index is 11.8. The zero-order valence-electron chi connectivity index (χ0n) is 10.2. The van der Waals surface area contributed by atoms with E-state index >= 15 is 0 Å². The van der Waals surface area contributed by atoms with Crippen molar-refractivity contribution in [2.45, 2.75) is 32.3 Å². The molecule has 1 rings (SSSR count). The Bertz CT molecular complexity index is 354. The predicted molar refractivity (Wildman–Crippen MR) is 63.3 cm³/mol. The van der Waals surface area contributed by atoms with Crippen molar-refractivity contribution in [3.05, 3.63) is 24.0 Å². The average molecular weight is 224 g/mol. The number of aliphatic hydroxyl groups is 1. The molecule has 0 saturated heterocycles. The number of hydrogen-bond acceptors (Lipinski definition) is 2. The summed E-state index contributed by atoms with van der Waals surface area (Å²) in [5.74, 6) is -0.146. The van der Waals surface area contributed by atoms with E-state index in [9.17, 15) is 9.90 Å². The van der Waals surface area contributed by atoms with Gasteiger partial charge in [0.2, 0.25) is 0 Å². The minimum absolute atomic E-state index is 0.146. The molecule has 1 heterocycles. The second-order valence-corrected chi connectivity index (χ2v) is 4.12. The van der Waals surface area contributed by atoms with E-state index in [-0.39, 0.29) is 5.91 Å². The van der Waals surface area contributed by atoms with E-state index in [0.29, 0.717) is 25.1 Å². The van der Waals surface area contributed by atoms with Crippen LogP contribution in [0.25, 0.3) is 0 Å². The van der Waals surface area contributed by atoms with Gasteiger partial charge in [-0.15, -0.1) is 0 Å². The minimum Gasteiger partial charge on any atom is -0.388 e. The number of carbonyl (C=O) groups is 1. The van der Waals surface area contributed by atoms with Gasteiger partial charge in [-0.3, -0.25) is 4.79 Å². The van der Waals surface area contributed by atoms with E-state index < -0.39 is 5.60 Å². The van der Waals surface area contributed by atoms with E-state index in [2.05, 4.69) is 5.32 Å². The number of aryl methyl sites for hydroxylation is 1. The minimum atomic E-state index is -0.791. The van der Waals surface area contributed by atoms with Gasteiger partial charge in [0.1, 0.15) is 5.69 Å². The number of carbonyl (C=O) groups excluding carboxylic acids is 1. The maximum Gasteiger partial charge on any atom is 0.267 e. The molecule has 0 aromatic carbocycles. The van der Waals surface area contributed by atoms with Crippen molar-refractivity contribution < 1.29 is 9.90 Å². The molecule has 1 aromatic heterocycles. The molecule has 4 nitrogen and oxygen atoms in total. The molecule has 0 fully saturated rings. The lowest BCUT2D eigenvalue weighted by Gasteiger charge is -2.25. The summed E-state index contributed by atoms with van der Waals surface area (Å²) in [6.07, 6.45) is 3.09. The molecule has 1 aromatic rings. The van der Waals surface area contributed by atoms with Crippen molar-refractivity contribution >= 4 is 5.91 Å². The number of amides is 1. The summed E-state index contributed by atoms with van der Waals surface area (Å²) < 4.78 is 1.76. The molecule has 4 heteroatoms. The van der Waals surface area contributed by atoms with Crippen LogP contribution in [0, 0.1) is 0 Å². The molecule has 0 unspecified atom stereocenters. The van der Waals surface area contributed by atoms with Gasteiger partial charge in [-0.2, -0.15) is 0 Å². The number of rotatable bonds is 5. The molecular weight excluding hydrogens is 204 g/mol. The van der Waals surface area contributed by atoms with Crippen LogP contribution in [0.1, 0.15) is 37.2 Å². The van der Waals surface area contributed by atoms with E-state index in [1.54, 1.807) is 10.6 Å². The second-order valence-electron chi connectivity index (χ2n) is 4.12. The Labute approximate surface area is 96.3 Å². The molecule has 90 valence electrons. The predicted octanol–water partition coefficient (Wildman–Crippen LogP) is 1.31. The highest BCUT2D eigenvalue weighted by molar-refractivity contribution is 5.92. The fraction of sp³-hybridized carbons (Fsp3) is 0.583. The summed E-state index contributed by atoms with van der Waals surface area (Å²) in [6, 6.07) is 3.58. The first kappa shape index (κ1) is 12.8. The topological polar surface area (TPSA) is 54.3 Å². The lowest BCUT2D eigenvalue weighted by molar-refractivity contribution is 0.0312. The summed E-state index contributed by atoms with van der Waals surface area (Å²) in [5, 5.41) is 12.8. The summed E-state index contributed by atoms with van der Waals surface area (Å²) in [4.78, 5) is 11.8. The third-order valence-corrected chi connectivity index (χ3v) is 3.07. The van der Waals surface area contributed by atoms with E-state index in [0.717, 1.165) is 0 Å². The molecule has 1 amide bonds. The van der Waals surface area contributed by atoms with Crippen LogP contribution in [0.15, 0.2) is 18.3 Å². The number of nitrogens with zero attached hydrogens (tertiary/aromatic N) is 1. The van der Waals surface area contributed by atoms with Gasteiger partial charge in [-0.05, 0) is 25.0 Å². The van der Waals surface area contributed by atoms with Gasteiger partial charge in [0, 0.05) is 19.8 Å². The molecule has 0 saturated carbocycles. The van der Waals surface area contributed by atoms with Gasteiger partial charge in [0.15, 0.2) is 0 Å². The molecule has 0 radical (unpaired) electrons. The van der Waals surface area contributed by atoms with Crippen molar-refractivity contribution in [1.29, 1.82) is 0 Å². The Kier molecular flexibility index (Phi) is 4.12. The lowest BCUT2D eigenvalue weighted by atomic mass is 9.97. The first-order valence-electron chi connectivity index (χ1n) is 5.64. The Balaban J connectivity index is 2.57. The van der Waals surface area contributed by atoms with Gasteiger partial charge in [-0.1, -0.05) is 13.8 Å². The van der Waals surface area contributed by atoms with E-state index in [1.807, 2.05) is 33.2 Å². The van der Waals surface area contributed by atoms with Crippen LogP contribution in [-0.2, 0) is 7.05 Å². The van der Waals surface area contributed by atoms with Crippen molar-refractivity contribution in [1.82, 2.24) is 9.88 Å². The summed E-state index contributed by atoms with van der Waals surface area (Å²) in [6.45, 7) is 4.13. The molecule has 2 N–H and O–H groups in total. The fourth-order valence-corrected chi connectivity index (χ4v) is 1.53. The second kappa shape index (κ2) is 5.16. The smallest absolute Gasteiger partial charge is 0.267 e. The third kappa shape index (κ3) is 2.85. The van der Waals surface area contributed by atoms with Crippen molar-refractivity contribution in [3.63, 3.8) is 0 Å². The highest BCUT2D eigenvalue weighted by Crippen LogP contribution is 2.13. The SMILES string of the molecule is CCC(O)(CC)CNC(=O)c1cccn1C. The van der Waals surface area contributed by atoms with Gasteiger partial charge in [0.05, 0.1) is 5.60 Å². The van der Waals surface area contributed by atoms with Crippen LogP contribution >= 0.6 is 0 Å². The van der Waals surface area contributed by atoms with Gasteiger partial charge in [-0.25, -0.2) is 0 Å². The Morgan fingerprint density at radius 1 is 1.50 bits per heavy atom. The zero-order chi connectivity index (χ0) is 12.2. The lowest BCUT2D eigenvalue weighted by Crippen LogP contribution is -2.42. The number of hydrogen-bond donors (Lipinski definition) is 2. The van der Waals surface area contributed by atoms with Crippen LogP contribution in [-0.4, -0.2) is 27.7 Å². The van der Waals surface area contributed by atoms with Crippen LogP contribution in [0.5, 0.6) is 0 Å². The van der Waals surface area contributed by atoms with Crippen LogP contribution < -0.4 is 5.32 Å². The zero-order valence-corrected chi connectivity index (χ0v) is 10.2. The van der Waals surface area contributed by atoms with E-state index in [4.69, 9.17) is 0 Å². The van der Waals surface area contributed by atoms with E-state index in [1.165, 1.54) is 0 Å². The van der Waals surface area contributed by atoms with Crippen LogP contribution in [0.2, 0.25) is 0 Å². The quantitative estimate of drug-likeness (QED) is 0.792. The first-order valence-corrected chi connectivity index (χ1v) is 5.64. The summed E-state index contributed by atoms with van der Waals surface area (Å²) >= 11 is 0. The molecule has 0 aliphatic heterocycles. The van der Waals surface area contributed by atoms with Gasteiger partial charge in [0.25, 0.3) is 5.91 Å². The number of nitrogens with one attached hydrogen (secondary N) is 1. The van der Waals surface area contributed by atoms with Crippen LogP contribution in [0.3, 0.4) is 0 Å². The molecule has 16 heavy (non-hydrogen) atoms. The molecule has 0 aliphatic carbocycles. The summed E-state index contributed by atoms with van der Waals surface area (Å²) in [7, 11) is 1.82. The van der Waals surface area contributed by atoms with Crippen molar-refractivity contribution in [2.75, 3.05) is 6.54 Å². The summed E-state index contributed by atoms with van der Waals surface area (Å²) in [5.41, 5.74) is -0.185. The first-order chi connectivity index (χ1) is 7.52. The highest BCUT2D eigenvalue weighted by Gasteiger charge is 2.23. The van der Waals surface area contributed by atoms with Crippen molar-refractivity contribution in [3.8, 4) is 0 Å². The largest absolute Gasteiger partial charge is 0.388 e. The van der Waals surface area contributed by atoms with Gasteiger partial charge < -0.3 is 15.0 Å². The third-order valence-electron chi connectivity index (χ3n) is 3.07. The molecule has 0 bridgehead atoms. The monoisotopic (exact) mass is 224 g/mol. The Morgan fingerprint density at radius 2 is 2.12 bits per heavy atom. The molecular formula is C12H20N2O2. The average Bonchev–Trinajstić information content (AvgIpc) is 2.72. The Morgan fingerprint density at radius 3 is 2.56 bits per heavy atom. The molecule has 0 spiro atoms. The maximum absolute atomic E-state index is 11.8. The Hall–Kier alpha value is -1.29.